The van der Waals surface area contributed by atoms with Crippen molar-refractivity contribution in [2.24, 2.45) is 0 Å². The van der Waals surface area contributed by atoms with Gasteiger partial charge in [-0.25, -0.2) is 0 Å². The molecule has 1 fully saturated rings. The van der Waals surface area contributed by atoms with Crippen molar-refractivity contribution in [1.29, 1.82) is 0 Å². The molecule has 0 bridgehead atoms. The van der Waals surface area contributed by atoms with E-state index >= 15 is 0 Å². The number of alkyl halides is 3. The first-order chi connectivity index (χ1) is 7.57. The van der Waals surface area contributed by atoms with Crippen LogP contribution in [0.2, 0.25) is 0 Å². The Morgan fingerprint density at radius 1 is 1.06 bits per heavy atom. The van der Waals surface area contributed by atoms with Crippen LogP contribution in [0.1, 0.15) is 36.4 Å². The van der Waals surface area contributed by atoms with E-state index in [4.69, 9.17) is 0 Å². The number of nitrogens with one attached hydrogen (secondary N) is 1. The van der Waals surface area contributed by atoms with E-state index < -0.39 is 11.7 Å². The van der Waals surface area contributed by atoms with Gasteiger partial charge in [-0.15, -0.1) is 12.4 Å². The summed E-state index contributed by atoms with van der Waals surface area (Å²) < 4.78 is 37.0. The minimum atomic E-state index is -4.24. The van der Waals surface area contributed by atoms with Crippen LogP contribution < -0.4 is 5.32 Å². The number of hydrogen-bond acceptors (Lipinski definition) is 1. The Bertz CT molecular complexity index is 342. The van der Waals surface area contributed by atoms with Crippen LogP contribution in [0.5, 0.6) is 0 Å². The third-order valence-electron chi connectivity index (χ3n) is 2.95. The molecule has 1 unspecified atom stereocenters. The molecular weight excluding hydrogens is 251 g/mol. The highest BCUT2D eigenvalue weighted by Gasteiger charge is 2.30. The zero-order valence-electron chi connectivity index (χ0n) is 9.26. The number of halogens is 4. The maximum Gasteiger partial charge on any atom is 0.416 e. The molecule has 0 saturated carbocycles. The predicted molar refractivity (Wildman–Crippen MR) is 63.3 cm³/mol. The maximum absolute atomic E-state index is 12.3. The fraction of sp³-hybridized carbons (Fsp3) is 0.500. The predicted octanol–water partition coefficient (Wildman–Crippen LogP) is 3.94. The Hall–Kier alpha value is -0.740. The minimum Gasteiger partial charge on any atom is -0.310 e. The SMILES string of the molecule is Cl.FC(F)(F)c1ccc(C2CCCCN2)cc1. The lowest BCUT2D eigenvalue weighted by atomic mass is 9.97. The van der Waals surface area contributed by atoms with Gasteiger partial charge in [-0.05, 0) is 37.1 Å². The second kappa shape index (κ2) is 5.74. The normalized spacial score (nSPS) is 20.8. The van der Waals surface area contributed by atoms with Gasteiger partial charge in [-0.1, -0.05) is 18.6 Å². The summed E-state index contributed by atoms with van der Waals surface area (Å²) in [6.45, 7) is 0.950. The van der Waals surface area contributed by atoms with Crippen LogP contribution in [0.25, 0.3) is 0 Å². The molecule has 2 rings (SSSR count). The van der Waals surface area contributed by atoms with Crippen LogP contribution in [0.4, 0.5) is 13.2 Å². The molecule has 5 heteroatoms. The average Bonchev–Trinajstić information content (AvgIpc) is 2.29. The van der Waals surface area contributed by atoms with Gasteiger partial charge in [0.15, 0.2) is 0 Å². The number of piperidine rings is 1. The fourth-order valence-electron chi connectivity index (χ4n) is 2.04. The molecule has 17 heavy (non-hydrogen) atoms. The van der Waals surface area contributed by atoms with Crippen molar-refractivity contribution in [3.63, 3.8) is 0 Å². The highest BCUT2D eigenvalue weighted by atomic mass is 35.5. The van der Waals surface area contributed by atoms with Gasteiger partial charge in [-0.2, -0.15) is 13.2 Å². The third kappa shape index (κ3) is 3.61. The van der Waals surface area contributed by atoms with Crippen LogP contribution in [0.15, 0.2) is 24.3 Å². The van der Waals surface area contributed by atoms with E-state index in [0.29, 0.717) is 0 Å². The molecule has 1 aromatic rings. The molecule has 0 spiro atoms. The largest absolute Gasteiger partial charge is 0.416 e. The molecule has 1 nitrogen and oxygen atoms in total. The Morgan fingerprint density at radius 3 is 2.18 bits per heavy atom. The van der Waals surface area contributed by atoms with Gasteiger partial charge < -0.3 is 5.32 Å². The zero-order chi connectivity index (χ0) is 11.6. The van der Waals surface area contributed by atoms with Crippen molar-refractivity contribution < 1.29 is 13.2 Å². The molecule has 96 valence electrons. The van der Waals surface area contributed by atoms with Crippen molar-refractivity contribution in [1.82, 2.24) is 5.32 Å². The second-order valence-electron chi connectivity index (χ2n) is 4.12. The summed E-state index contributed by atoms with van der Waals surface area (Å²) in [7, 11) is 0. The molecule has 0 radical (unpaired) electrons. The molecule has 1 aliphatic rings. The lowest BCUT2D eigenvalue weighted by Crippen LogP contribution is -2.26. The lowest BCUT2D eigenvalue weighted by Gasteiger charge is -2.24. The summed E-state index contributed by atoms with van der Waals surface area (Å²) in [5.74, 6) is 0. The molecule has 0 aliphatic carbocycles. The first kappa shape index (κ1) is 14.3. The van der Waals surface area contributed by atoms with E-state index in [2.05, 4.69) is 5.32 Å². The fourth-order valence-corrected chi connectivity index (χ4v) is 2.04. The van der Waals surface area contributed by atoms with Crippen LogP contribution in [0, 0.1) is 0 Å². The van der Waals surface area contributed by atoms with Gasteiger partial charge >= 0.3 is 6.18 Å². The summed E-state index contributed by atoms with van der Waals surface area (Å²) in [5, 5.41) is 3.31. The van der Waals surface area contributed by atoms with E-state index in [1.165, 1.54) is 0 Å². The molecule has 1 atom stereocenters. The van der Waals surface area contributed by atoms with Crippen molar-refractivity contribution in [3.8, 4) is 0 Å². The molecule has 1 N–H and O–H groups in total. The number of rotatable bonds is 1. The van der Waals surface area contributed by atoms with Crippen LogP contribution >= 0.6 is 12.4 Å². The van der Waals surface area contributed by atoms with Gasteiger partial charge in [0, 0.05) is 6.04 Å². The average molecular weight is 266 g/mol. The van der Waals surface area contributed by atoms with Crippen LogP contribution in [-0.4, -0.2) is 6.54 Å². The number of hydrogen-bond donors (Lipinski definition) is 1. The third-order valence-corrected chi connectivity index (χ3v) is 2.95. The highest BCUT2D eigenvalue weighted by molar-refractivity contribution is 5.85. The Labute approximate surface area is 105 Å². The lowest BCUT2D eigenvalue weighted by molar-refractivity contribution is -0.137. The molecule has 0 aromatic heterocycles. The van der Waals surface area contributed by atoms with Gasteiger partial charge in [0.05, 0.1) is 5.56 Å². The van der Waals surface area contributed by atoms with Gasteiger partial charge in [0.25, 0.3) is 0 Å². The van der Waals surface area contributed by atoms with Gasteiger partial charge in [0.2, 0.25) is 0 Å². The quantitative estimate of drug-likeness (QED) is 0.811. The van der Waals surface area contributed by atoms with Crippen molar-refractivity contribution in [2.75, 3.05) is 6.54 Å². The standard InChI is InChI=1S/C12H14F3N.ClH/c13-12(14,15)10-6-4-9(5-7-10)11-3-1-2-8-16-11;/h4-7,11,16H,1-3,8H2;1H. The van der Waals surface area contributed by atoms with Crippen molar-refractivity contribution in [3.05, 3.63) is 35.4 Å². The zero-order valence-corrected chi connectivity index (χ0v) is 10.1. The van der Waals surface area contributed by atoms with Gasteiger partial charge in [-0.3, -0.25) is 0 Å². The van der Waals surface area contributed by atoms with Crippen LogP contribution in [-0.2, 0) is 6.18 Å². The topological polar surface area (TPSA) is 12.0 Å². The maximum atomic E-state index is 12.3. The minimum absolute atomic E-state index is 0. The van der Waals surface area contributed by atoms with Gasteiger partial charge in [0.1, 0.15) is 0 Å². The van der Waals surface area contributed by atoms with E-state index in [9.17, 15) is 13.2 Å². The van der Waals surface area contributed by atoms with Crippen molar-refractivity contribution >= 4 is 12.4 Å². The summed E-state index contributed by atoms with van der Waals surface area (Å²) in [4.78, 5) is 0. The number of benzene rings is 1. The molecule has 1 aromatic carbocycles. The molecule has 0 amide bonds. The molecule has 1 saturated heterocycles. The Morgan fingerprint density at radius 2 is 1.71 bits per heavy atom. The van der Waals surface area contributed by atoms with E-state index in [0.717, 1.165) is 43.5 Å². The summed E-state index contributed by atoms with van der Waals surface area (Å²) >= 11 is 0. The highest BCUT2D eigenvalue weighted by Crippen LogP contribution is 2.31. The molecule has 1 aliphatic heterocycles. The molecule has 1 heterocycles. The first-order valence-electron chi connectivity index (χ1n) is 5.48. The summed E-state index contributed by atoms with van der Waals surface area (Å²) in [6.07, 6.45) is -0.945. The van der Waals surface area contributed by atoms with Crippen LogP contribution in [0.3, 0.4) is 0 Å². The van der Waals surface area contributed by atoms with E-state index in [-0.39, 0.29) is 18.4 Å². The van der Waals surface area contributed by atoms with E-state index in [1.807, 2.05) is 0 Å². The summed E-state index contributed by atoms with van der Waals surface area (Å²) in [5.41, 5.74) is 0.375. The molecular formula is C12H15ClF3N. The van der Waals surface area contributed by atoms with Crippen molar-refractivity contribution in [2.45, 2.75) is 31.5 Å². The Balaban J connectivity index is 0.00000144. The van der Waals surface area contributed by atoms with E-state index in [1.54, 1.807) is 12.1 Å². The Kier molecular flexibility index (Phi) is 4.83. The second-order valence-corrected chi connectivity index (χ2v) is 4.12. The monoisotopic (exact) mass is 265 g/mol. The summed E-state index contributed by atoms with van der Waals surface area (Å²) in [6, 6.07) is 5.69. The smallest absolute Gasteiger partial charge is 0.310 e. The first-order valence-corrected chi connectivity index (χ1v) is 5.48.